The number of rotatable bonds is 5. The van der Waals surface area contributed by atoms with Crippen molar-refractivity contribution in [3.05, 3.63) is 76.5 Å². The summed E-state index contributed by atoms with van der Waals surface area (Å²) in [5.74, 6) is 0.671. The van der Waals surface area contributed by atoms with Gasteiger partial charge in [-0.05, 0) is 66.8 Å². The molecule has 0 spiro atoms. The van der Waals surface area contributed by atoms with Crippen LogP contribution in [0.1, 0.15) is 5.76 Å². The number of anilines is 2. The molecule has 2 N–H and O–H groups in total. The molecule has 1 amide bonds. The molecule has 0 radical (unpaired) electrons. The highest BCUT2D eigenvalue weighted by atomic mass is 35.5. The highest BCUT2D eigenvalue weighted by Crippen LogP contribution is 2.34. The fourth-order valence-electron chi connectivity index (χ4n) is 3.33. The Balaban J connectivity index is 1.30. The number of thiocarbonyl (C=S) groups is 1. The summed E-state index contributed by atoms with van der Waals surface area (Å²) in [6.45, 7) is 3.21. The number of morpholine rings is 1. The first-order chi connectivity index (χ1) is 16.0. The number of nitrogens with zero attached hydrogens (tertiary/aromatic N) is 1. The van der Waals surface area contributed by atoms with Gasteiger partial charge in [0.25, 0.3) is 0 Å². The number of amides is 1. The van der Waals surface area contributed by atoms with Gasteiger partial charge in [-0.2, -0.15) is 0 Å². The Morgan fingerprint density at radius 3 is 2.55 bits per heavy atom. The monoisotopic (exact) mass is 501 g/mol. The third kappa shape index (κ3) is 6.15. The van der Waals surface area contributed by atoms with Gasteiger partial charge in [0.1, 0.15) is 11.5 Å². The van der Waals surface area contributed by atoms with Crippen molar-refractivity contribution in [1.29, 1.82) is 0 Å². The van der Waals surface area contributed by atoms with Crippen LogP contribution in [0.2, 0.25) is 10.0 Å². The van der Waals surface area contributed by atoms with Crippen LogP contribution in [0, 0.1) is 0 Å². The number of hydrogen-bond donors (Lipinski definition) is 2. The first kappa shape index (κ1) is 23.3. The molecule has 2 heterocycles. The van der Waals surface area contributed by atoms with E-state index in [-0.39, 0.29) is 11.0 Å². The average molecular weight is 502 g/mol. The van der Waals surface area contributed by atoms with Crippen molar-refractivity contribution in [2.45, 2.75) is 0 Å². The van der Waals surface area contributed by atoms with Crippen LogP contribution in [-0.4, -0.2) is 37.3 Å². The lowest BCUT2D eigenvalue weighted by atomic mass is 10.2. The van der Waals surface area contributed by atoms with Crippen LogP contribution in [0.4, 0.5) is 11.4 Å². The number of furan rings is 1. The molecule has 3 aromatic rings. The molecule has 2 aromatic carbocycles. The van der Waals surface area contributed by atoms with Gasteiger partial charge in [-0.3, -0.25) is 10.1 Å². The molecule has 0 atom stereocenters. The minimum atomic E-state index is -0.379. The zero-order valence-electron chi connectivity index (χ0n) is 17.5. The van der Waals surface area contributed by atoms with E-state index in [1.54, 1.807) is 30.3 Å². The van der Waals surface area contributed by atoms with Crippen molar-refractivity contribution in [2.24, 2.45) is 0 Å². The van der Waals surface area contributed by atoms with Crippen LogP contribution in [0.5, 0.6) is 0 Å². The van der Waals surface area contributed by atoms with Crippen molar-refractivity contribution >= 4 is 63.9 Å². The normalized spacial score (nSPS) is 13.8. The second-order valence-electron chi connectivity index (χ2n) is 7.23. The number of halogens is 2. The van der Waals surface area contributed by atoms with E-state index >= 15 is 0 Å². The summed E-state index contributed by atoms with van der Waals surface area (Å²) in [6.07, 6.45) is 2.90. The molecular formula is C24H21Cl2N3O3S. The Hall–Kier alpha value is -2.84. The third-order valence-electron chi connectivity index (χ3n) is 4.98. The third-order valence-corrected chi connectivity index (χ3v) is 6.00. The highest BCUT2D eigenvalue weighted by Gasteiger charge is 2.12. The Kier molecular flexibility index (Phi) is 7.67. The van der Waals surface area contributed by atoms with Crippen LogP contribution in [0.3, 0.4) is 0 Å². The molecule has 33 heavy (non-hydrogen) atoms. The Labute approximate surface area is 207 Å². The lowest BCUT2D eigenvalue weighted by Gasteiger charge is -2.28. The Morgan fingerprint density at radius 1 is 1.03 bits per heavy atom. The molecule has 1 aliphatic heterocycles. The molecular weight excluding hydrogens is 481 g/mol. The first-order valence-corrected chi connectivity index (χ1v) is 11.4. The van der Waals surface area contributed by atoms with E-state index < -0.39 is 0 Å². The second kappa shape index (κ2) is 10.9. The molecule has 170 valence electrons. The molecule has 0 aliphatic carbocycles. The van der Waals surface area contributed by atoms with Crippen molar-refractivity contribution in [3.8, 4) is 11.3 Å². The summed E-state index contributed by atoms with van der Waals surface area (Å²) in [4.78, 5) is 14.5. The fraction of sp³-hybridized carbons (Fsp3) is 0.167. The van der Waals surface area contributed by atoms with Crippen molar-refractivity contribution in [1.82, 2.24) is 5.32 Å². The van der Waals surface area contributed by atoms with E-state index in [4.69, 9.17) is 44.6 Å². The van der Waals surface area contributed by atoms with Gasteiger partial charge >= 0.3 is 0 Å². The first-order valence-electron chi connectivity index (χ1n) is 10.3. The summed E-state index contributed by atoms with van der Waals surface area (Å²) >= 11 is 17.5. The standard InChI is InChI=1S/C24H21Cl2N3O3S/c25-20-3-1-2-19(23(20)26)21-10-8-18(32-21)9-11-22(30)28-24(33)27-16-4-6-17(7-5-16)29-12-14-31-15-13-29/h1-11H,12-15H2,(H2,27,28,30,33). The van der Waals surface area contributed by atoms with Gasteiger partial charge in [0, 0.05) is 36.1 Å². The maximum absolute atomic E-state index is 12.2. The molecule has 4 rings (SSSR count). The topological polar surface area (TPSA) is 66.7 Å². The van der Waals surface area contributed by atoms with Crippen molar-refractivity contribution < 1.29 is 13.9 Å². The minimum absolute atomic E-state index is 0.203. The largest absolute Gasteiger partial charge is 0.457 e. The molecule has 1 aromatic heterocycles. The average Bonchev–Trinajstić information content (AvgIpc) is 3.29. The van der Waals surface area contributed by atoms with E-state index in [0.717, 1.165) is 37.7 Å². The molecule has 0 saturated carbocycles. The van der Waals surface area contributed by atoms with E-state index in [0.29, 0.717) is 27.1 Å². The van der Waals surface area contributed by atoms with Gasteiger partial charge in [-0.1, -0.05) is 29.3 Å². The van der Waals surface area contributed by atoms with E-state index in [9.17, 15) is 4.79 Å². The fourth-order valence-corrected chi connectivity index (χ4v) is 3.94. The van der Waals surface area contributed by atoms with Crippen molar-refractivity contribution in [2.75, 3.05) is 36.5 Å². The molecule has 0 bridgehead atoms. The zero-order chi connectivity index (χ0) is 23.2. The molecule has 9 heteroatoms. The maximum atomic E-state index is 12.2. The molecule has 1 fully saturated rings. The van der Waals surface area contributed by atoms with Gasteiger partial charge in [0.05, 0.1) is 23.3 Å². The number of carbonyl (C=O) groups excluding carboxylic acids is 1. The van der Waals surface area contributed by atoms with Gasteiger partial charge in [0.15, 0.2) is 5.11 Å². The Morgan fingerprint density at radius 2 is 1.79 bits per heavy atom. The summed E-state index contributed by atoms with van der Waals surface area (Å²) in [5.41, 5.74) is 2.59. The predicted molar refractivity (Wildman–Crippen MR) is 137 cm³/mol. The van der Waals surface area contributed by atoms with E-state index in [1.165, 1.54) is 6.08 Å². The lowest BCUT2D eigenvalue weighted by molar-refractivity contribution is -0.115. The van der Waals surface area contributed by atoms with Gasteiger partial charge < -0.3 is 19.4 Å². The van der Waals surface area contributed by atoms with Gasteiger partial charge in [-0.25, -0.2) is 0 Å². The lowest BCUT2D eigenvalue weighted by Crippen LogP contribution is -2.36. The summed E-state index contributed by atoms with van der Waals surface area (Å²) in [7, 11) is 0. The summed E-state index contributed by atoms with van der Waals surface area (Å²) in [6, 6.07) is 16.7. The summed E-state index contributed by atoms with van der Waals surface area (Å²) in [5, 5.41) is 6.69. The smallest absolute Gasteiger partial charge is 0.250 e. The van der Waals surface area contributed by atoms with Crippen molar-refractivity contribution in [3.63, 3.8) is 0 Å². The minimum Gasteiger partial charge on any atom is -0.457 e. The van der Waals surface area contributed by atoms with Crippen LogP contribution in [0.25, 0.3) is 17.4 Å². The Bertz CT molecular complexity index is 1170. The number of nitrogens with one attached hydrogen (secondary N) is 2. The molecule has 6 nitrogen and oxygen atoms in total. The molecule has 1 saturated heterocycles. The zero-order valence-corrected chi connectivity index (χ0v) is 19.8. The molecule has 1 aliphatic rings. The second-order valence-corrected chi connectivity index (χ2v) is 8.42. The van der Waals surface area contributed by atoms with E-state index in [2.05, 4.69) is 15.5 Å². The van der Waals surface area contributed by atoms with Gasteiger partial charge in [-0.15, -0.1) is 0 Å². The number of hydrogen-bond acceptors (Lipinski definition) is 5. The van der Waals surface area contributed by atoms with E-state index in [1.807, 2.05) is 30.3 Å². The number of ether oxygens (including phenoxy) is 1. The van der Waals surface area contributed by atoms with Crippen LogP contribution in [-0.2, 0) is 9.53 Å². The van der Waals surface area contributed by atoms with Crippen LogP contribution >= 0.6 is 35.4 Å². The van der Waals surface area contributed by atoms with Crippen LogP contribution in [0.15, 0.2) is 65.1 Å². The van der Waals surface area contributed by atoms with Crippen LogP contribution < -0.4 is 15.5 Å². The molecule has 0 unspecified atom stereocenters. The number of carbonyl (C=O) groups is 1. The quantitative estimate of drug-likeness (QED) is 0.349. The summed E-state index contributed by atoms with van der Waals surface area (Å²) < 4.78 is 11.1. The highest BCUT2D eigenvalue weighted by molar-refractivity contribution is 7.80. The predicted octanol–water partition coefficient (Wildman–Crippen LogP) is 5.62. The SMILES string of the molecule is O=C(C=Cc1ccc(-c2cccc(Cl)c2Cl)o1)NC(=S)Nc1ccc(N2CCOCC2)cc1. The van der Waals surface area contributed by atoms with Gasteiger partial charge in [0.2, 0.25) is 5.91 Å². The number of benzene rings is 2. The maximum Gasteiger partial charge on any atom is 0.250 e.